The molecule has 0 unspecified atom stereocenters. The van der Waals surface area contributed by atoms with Crippen LogP contribution in [0.15, 0.2) is 24.5 Å². The smallest absolute Gasteiger partial charge is 0.185 e. The zero-order valence-electron chi connectivity index (χ0n) is 15.5. The fourth-order valence-corrected chi connectivity index (χ4v) is 5.02. The van der Waals surface area contributed by atoms with Crippen LogP contribution in [0.4, 0.5) is 10.9 Å². The number of fused-ring (bicyclic) bond motifs is 1. The second-order valence-electron chi connectivity index (χ2n) is 7.13. The summed E-state index contributed by atoms with van der Waals surface area (Å²) in [7, 11) is 0. The summed E-state index contributed by atoms with van der Waals surface area (Å²) >= 11 is 1.90. The highest BCUT2D eigenvalue weighted by Crippen LogP contribution is 2.32. The van der Waals surface area contributed by atoms with Crippen LogP contribution in [0.5, 0.6) is 0 Å². The summed E-state index contributed by atoms with van der Waals surface area (Å²) in [6.07, 6.45) is 8.65. The highest BCUT2D eigenvalue weighted by Gasteiger charge is 2.23. The summed E-state index contributed by atoms with van der Waals surface area (Å²) in [6, 6.07) is 3.93. The number of nitrogens with zero attached hydrogens (tertiary/aromatic N) is 7. The maximum Gasteiger partial charge on any atom is 0.185 e. The molecule has 4 heterocycles. The van der Waals surface area contributed by atoms with Crippen molar-refractivity contribution in [2.75, 3.05) is 36.0 Å². The number of hydrogen-bond donors (Lipinski definition) is 0. The minimum atomic E-state index is 0.771. The maximum absolute atomic E-state index is 4.92. The third-order valence-electron chi connectivity index (χ3n) is 5.26. The molecule has 1 fully saturated rings. The van der Waals surface area contributed by atoms with Gasteiger partial charge in [-0.25, -0.2) is 19.6 Å². The van der Waals surface area contributed by atoms with E-state index in [2.05, 4.69) is 24.9 Å². The van der Waals surface area contributed by atoms with E-state index in [0.717, 1.165) is 50.1 Å². The predicted octanol–water partition coefficient (Wildman–Crippen LogP) is 2.63. The number of aromatic nitrogens is 5. The molecule has 0 amide bonds. The first-order chi connectivity index (χ1) is 13.3. The predicted molar refractivity (Wildman–Crippen MR) is 107 cm³/mol. The van der Waals surface area contributed by atoms with E-state index in [1.165, 1.54) is 35.0 Å². The lowest BCUT2D eigenvalue weighted by atomic mass is 10.0. The van der Waals surface area contributed by atoms with Gasteiger partial charge in [-0.15, -0.1) is 11.3 Å². The Morgan fingerprint density at radius 2 is 1.70 bits per heavy atom. The first kappa shape index (κ1) is 16.7. The van der Waals surface area contributed by atoms with E-state index in [1.54, 1.807) is 10.9 Å². The van der Waals surface area contributed by atoms with E-state index in [4.69, 9.17) is 4.98 Å². The van der Waals surface area contributed by atoms with Crippen molar-refractivity contribution in [2.45, 2.75) is 32.6 Å². The molecule has 0 bridgehead atoms. The van der Waals surface area contributed by atoms with Gasteiger partial charge in [0.25, 0.3) is 0 Å². The summed E-state index contributed by atoms with van der Waals surface area (Å²) < 4.78 is 1.79. The van der Waals surface area contributed by atoms with Crippen molar-refractivity contribution in [3.05, 3.63) is 40.9 Å². The molecule has 0 N–H and O–H groups in total. The van der Waals surface area contributed by atoms with Crippen LogP contribution in [0, 0.1) is 6.92 Å². The summed E-state index contributed by atoms with van der Waals surface area (Å²) in [5.74, 6) is 2.57. The van der Waals surface area contributed by atoms with Crippen LogP contribution in [0.1, 0.15) is 29.2 Å². The van der Waals surface area contributed by atoms with Crippen LogP contribution in [0.25, 0.3) is 5.82 Å². The Balaban J connectivity index is 1.31. The minimum absolute atomic E-state index is 0.771. The number of anilines is 2. The quantitative estimate of drug-likeness (QED) is 0.695. The molecule has 1 aliphatic heterocycles. The molecule has 1 saturated heterocycles. The summed E-state index contributed by atoms with van der Waals surface area (Å²) in [5, 5.41) is 5.50. The number of hydrogen-bond acceptors (Lipinski definition) is 7. The molecule has 8 heteroatoms. The number of rotatable bonds is 3. The lowest BCUT2D eigenvalue weighted by Gasteiger charge is -2.35. The van der Waals surface area contributed by atoms with Crippen LogP contribution < -0.4 is 9.80 Å². The molecule has 1 aliphatic carbocycles. The van der Waals surface area contributed by atoms with E-state index in [1.807, 2.05) is 36.6 Å². The van der Waals surface area contributed by atoms with Gasteiger partial charge in [0.05, 0.1) is 5.69 Å². The van der Waals surface area contributed by atoms with E-state index >= 15 is 0 Å². The van der Waals surface area contributed by atoms with Crippen LogP contribution in [0.3, 0.4) is 0 Å². The van der Waals surface area contributed by atoms with Gasteiger partial charge < -0.3 is 9.80 Å². The molecule has 0 saturated carbocycles. The third-order valence-corrected chi connectivity index (χ3v) is 6.48. The molecular formula is C19H23N7S. The largest absolute Gasteiger partial charge is 0.353 e. The van der Waals surface area contributed by atoms with E-state index in [0.29, 0.717) is 0 Å². The zero-order valence-corrected chi connectivity index (χ0v) is 16.3. The molecule has 3 aromatic rings. The molecule has 27 heavy (non-hydrogen) atoms. The van der Waals surface area contributed by atoms with Crippen molar-refractivity contribution < 1.29 is 0 Å². The van der Waals surface area contributed by atoms with Crippen molar-refractivity contribution in [3.8, 4) is 5.82 Å². The summed E-state index contributed by atoms with van der Waals surface area (Å²) in [5.41, 5.74) is 1.35. The second kappa shape index (κ2) is 6.92. The van der Waals surface area contributed by atoms with Gasteiger partial charge in [-0.3, -0.25) is 0 Å². The lowest BCUT2D eigenvalue weighted by Crippen LogP contribution is -2.47. The summed E-state index contributed by atoms with van der Waals surface area (Å²) in [4.78, 5) is 20.4. The molecule has 7 nitrogen and oxygen atoms in total. The summed E-state index contributed by atoms with van der Waals surface area (Å²) in [6.45, 7) is 5.78. The maximum atomic E-state index is 4.92. The molecule has 5 rings (SSSR count). The number of thiazole rings is 1. The van der Waals surface area contributed by atoms with Crippen molar-refractivity contribution in [1.29, 1.82) is 0 Å². The van der Waals surface area contributed by atoms with Crippen molar-refractivity contribution >= 4 is 22.3 Å². The number of aryl methyl sites for hydroxylation is 3. The fourth-order valence-electron chi connectivity index (χ4n) is 3.82. The van der Waals surface area contributed by atoms with Gasteiger partial charge in [0.15, 0.2) is 10.9 Å². The Hall–Kier alpha value is -2.48. The van der Waals surface area contributed by atoms with Gasteiger partial charge in [-0.1, -0.05) is 0 Å². The van der Waals surface area contributed by atoms with E-state index in [-0.39, 0.29) is 0 Å². The van der Waals surface area contributed by atoms with Crippen molar-refractivity contribution in [3.63, 3.8) is 0 Å². The molecule has 0 atom stereocenters. The van der Waals surface area contributed by atoms with Crippen LogP contribution in [-0.2, 0) is 12.8 Å². The van der Waals surface area contributed by atoms with E-state index < -0.39 is 0 Å². The number of piperazine rings is 1. The first-order valence-corrected chi connectivity index (χ1v) is 10.4. The Morgan fingerprint density at radius 3 is 2.48 bits per heavy atom. The Morgan fingerprint density at radius 1 is 0.926 bits per heavy atom. The highest BCUT2D eigenvalue weighted by molar-refractivity contribution is 7.15. The lowest BCUT2D eigenvalue weighted by molar-refractivity contribution is 0.640. The van der Waals surface area contributed by atoms with Gasteiger partial charge in [-0.05, 0) is 38.7 Å². The Kier molecular flexibility index (Phi) is 4.27. The molecular weight excluding hydrogens is 358 g/mol. The molecule has 3 aromatic heterocycles. The van der Waals surface area contributed by atoms with Gasteiger partial charge in [-0.2, -0.15) is 5.10 Å². The second-order valence-corrected chi connectivity index (χ2v) is 8.19. The van der Waals surface area contributed by atoms with E-state index in [9.17, 15) is 0 Å². The Bertz CT molecular complexity index is 902. The fraction of sp³-hybridized carbons (Fsp3) is 0.474. The molecule has 2 aliphatic rings. The topological polar surface area (TPSA) is 63.0 Å². The average molecular weight is 382 g/mol. The van der Waals surface area contributed by atoms with Gasteiger partial charge >= 0.3 is 0 Å². The van der Waals surface area contributed by atoms with Crippen LogP contribution >= 0.6 is 11.3 Å². The normalized spacial score (nSPS) is 17.2. The van der Waals surface area contributed by atoms with Crippen molar-refractivity contribution in [2.24, 2.45) is 0 Å². The molecule has 140 valence electrons. The minimum Gasteiger partial charge on any atom is -0.353 e. The van der Waals surface area contributed by atoms with Gasteiger partial charge in [0, 0.05) is 49.5 Å². The van der Waals surface area contributed by atoms with Crippen LogP contribution in [0.2, 0.25) is 0 Å². The average Bonchev–Trinajstić information content (AvgIpc) is 3.37. The SMILES string of the molecule is Cc1nc(N2CCN(c3nc4c(s3)CCCC4)CC2)cc(-n2cccn2)n1. The monoisotopic (exact) mass is 381 g/mol. The van der Waals surface area contributed by atoms with Crippen LogP contribution in [-0.4, -0.2) is 50.9 Å². The first-order valence-electron chi connectivity index (χ1n) is 9.60. The zero-order chi connectivity index (χ0) is 18.2. The molecule has 0 radical (unpaired) electrons. The van der Waals surface area contributed by atoms with Gasteiger partial charge in [0.2, 0.25) is 0 Å². The molecule has 0 spiro atoms. The van der Waals surface area contributed by atoms with Crippen molar-refractivity contribution in [1.82, 2.24) is 24.7 Å². The highest BCUT2D eigenvalue weighted by atomic mass is 32.1. The third kappa shape index (κ3) is 3.29. The standard InChI is InChI=1S/C19H23N7S/c1-14-21-17(13-18(22-14)26-8-4-7-20-26)24-9-11-25(12-10-24)19-23-15-5-2-3-6-16(15)27-19/h4,7-8,13H,2-3,5-6,9-12H2,1H3. The Labute approximate surface area is 162 Å². The molecule has 0 aromatic carbocycles. The van der Waals surface area contributed by atoms with Gasteiger partial charge in [0.1, 0.15) is 11.6 Å².